The molecule has 0 saturated heterocycles. The van der Waals surface area contributed by atoms with Gasteiger partial charge in [0.15, 0.2) is 11.6 Å². The monoisotopic (exact) mass is 642 g/mol. The summed E-state index contributed by atoms with van der Waals surface area (Å²) in [5.74, 6) is -4.42. The summed E-state index contributed by atoms with van der Waals surface area (Å²) in [5, 5.41) is 0. The summed E-state index contributed by atoms with van der Waals surface area (Å²) in [5.41, 5.74) is -2.52. The van der Waals surface area contributed by atoms with Crippen molar-refractivity contribution in [2.75, 3.05) is 6.61 Å². The standard InChI is InChI=1S/C32H20F10O3/c1-2-3-12-43-21-8-7-19(25(33)16-21)6-4-18-5-11-24(27(35)13-18)31(38,39)44-22-9-10-23(26(34)17-22)20-14-28(36)30(29(37)15-20)45-32(40,41)42/h5,7-11,13-17H,2-3,12H2,1H3. The quantitative estimate of drug-likeness (QED) is 0.103. The van der Waals surface area contributed by atoms with Crippen LogP contribution < -0.4 is 14.2 Å². The Hall–Kier alpha value is -4.86. The van der Waals surface area contributed by atoms with E-state index < -0.39 is 69.7 Å². The molecule has 0 fully saturated rings. The first-order chi connectivity index (χ1) is 21.2. The van der Waals surface area contributed by atoms with Gasteiger partial charge < -0.3 is 14.2 Å². The molecule has 0 aliphatic rings. The summed E-state index contributed by atoms with van der Waals surface area (Å²) < 4.78 is 152. The molecule has 0 amide bonds. The first-order valence-corrected chi connectivity index (χ1v) is 13.0. The summed E-state index contributed by atoms with van der Waals surface area (Å²) in [6.07, 6.45) is -8.07. The predicted octanol–water partition coefficient (Wildman–Crippen LogP) is 9.65. The van der Waals surface area contributed by atoms with Crippen molar-refractivity contribution in [3.05, 3.63) is 113 Å². The lowest BCUT2D eigenvalue weighted by Gasteiger charge is -2.19. The van der Waals surface area contributed by atoms with Gasteiger partial charge in [0, 0.05) is 23.3 Å². The number of ether oxygens (including phenoxy) is 3. The van der Waals surface area contributed by atoms with E-state index in [0.29, 0.717) is 42.7 Å². The van der Waals surface area contributed by atoms with Crippen LogP contribution >= 0.6 is 0 Å². The maximum atomic E-state index is 14.8. The average molecular weight is 642 g/mol. The van der Waals surface area contributed by atoms with Gasteiger partial charge in [-0.2, -0.15) is 8.78 Å². The highest BCUT2D eigenvalue weighted by molar-refractivity contribution is 5.66. The van der Waals surface area contributed by atoms with E-state index in [0.717, 1.165) is 37.1 Å². The summed E-state index contributed by atoms with van der Waals surface area (Å²) in [6, 6.07) is 9.01. The Morgan fingerprint density at radius 3 is 1.91 bits per heavy atom. The van der Waals surface area contributed by atoms with E-state index in [2.05, 4.69) is 21.3 Å². The van der Waals surface area contributed by atoms with Crippen molar-refractivity contribution >= 4 is 0 Å². The zero-order valence-corrected chi connectivity index (χ0v) is 23.0. The molecule has 13 heteroatoms. The molecule has 236 valence electrons. The van der Waals surface area contributed by atoms with Gasteiger partial charge in [-0.05, 0) is 66.6 Å². The van der Waals surface area contributed by atoms with E-state index in [1.54, 1.807) is 0 Å². The van der Waals surface area contributed by atoms with Gasteiger partial charge >= 0.3 is 12.5 Å². The fraction of sp³-hybridized carbons (Fsp3) is 0.188. The molecule has 45 heavy (non-hydrogen) atoms. The zero-order chi connectivity index (χ0) is 32.9. The van der Waals surface area contributed by atoms with E-state index >= 15 is 0 Å². The summed E-state index contributed by atoms with van der Waals surface area (Å²) in [7, 11) is 0. The molecule has 0 aliphatic carbocycles. The Balaban J connectivity index is 1.49. The van der Waals surface area contributed by atoms with Crippen molar-refractivity contribution in [3.8, 4) is 40.2 Å². The second-order valence-corrected chi connectivity index (χ2v) is 9.37. The Kier molecular flexibility index (Phi) is 9.85. The van der Waals surface area contributed by atoms with Crippen LogP contribution in [0.5, 0.6) is 17.2 Å². The van der Waals surface area contributed by atoms with Crippen LogP contribution in [-0.4, -0.2) is 13.0 Å². The molecule has 0 radical (unpaired) electrons. The highest BCUT2D eigenvalue weighted by Crippen LogP contribution is 2.37. The molecule has 4 aromatic carbocycles. The van der Waals surface area contributed by atoms with Gasteiger partial charge in [-0.15, -0.1) is 13.2 Å². The topological polar surface area (TPSA) is 27.7 Å². The molecule has 0 bridgehead atoms. The Bertz CT molecular complexity index is 1730. The molecule has 0 spiro atoms. The van der Waals surface area contributed by atoms with Gasteiger partial charge in [0.2, 0.25) is 5.75 Å². The number of rotatable bonds is 9. The van der Waals surface area contributed by atoms with Crippen LogP contribution in [0.1, 0.15) is 36.5 Å². The third-order valence-electron chi connectivity index (χ3n) is 6.04. The maximum absolute atomic E-state index is 14.8. The number of halogens is 10. The molecular weight excluding hydrogens is 622 g/mol. The van der Waals surface area contributed by atoms with Gasteiger partial charge in [-0.25, -0.2) is 22.0 Å². The fourth-order valence-electron chi connectivity index (χ4n) is 3.91. The molecule has 3 nitrogen and oxygen atoms in total. The molecule has 4 rings (SSSR count). The molecule has 0 saturated carbocycles. The number of unbranched alkanes of at least 4 members (excludes halogenated alkanes) is 1. The van der Waals surface area contributed by atoms with E-state index in [1.165, 1.54) is 12.1 Å². The smallest absolute Gasteiger partial charge is 0.493 e. The van der Waals surface area contributed by atoms with Crippen LogP contribution in [0.4, 0.5) is 43.9 Å². The highest BCUT2D eigenvalue weighted by atomic mass is 19.4. The molecule has 4 aromatic rings. The van der Waals surface area contributed by atoms with Gasteiger partial charge in [-0.3, -0.25) is 0 Å². The third-order valence-corrected chi connectivity index (χ3v) is 6.04. The van der Waals surface area contributed by atoms with E-state index in [1.807, 2.05) is 6.92 Å². The molecule has 0 unspecified atom stereocenters. The largest absolute Gasteiger partial charge is 0.573 e. The Labute approximate surface area is 250 Å². The van der Waals surface area contributed by atoms with Crippen LogP contribution in [0.3, 0.4) is 0 Å². The second kappa shape index (κ2) is 13.4. The van der Waals surface area contributed by atoms with Gasteiger partial charge in [0.05, 0.1) is 12.2 Å². The average Bonchev–Trinajstić information content (AvgIpc) is 2.94. The van der Waals surface area contributed by atoms with Crippen LogP contribution in [0.25, 0.3) is 11.1 Å². The fourth-order valence-corrected chi connectivity index (χ4v) is 3.91. The number of hydrogen-bond acceptors (Lipinski definition) is 3. The van der Waals surface area contributed by atoms with E-state index in [4.69, 9.17) is 4.74 Å². The Morgan fingerprint density at radius 1 is 0.644 bits per heavy atom. The van der Waals surface area contributed by atoms with E-state index in [9.17, 15) is 43.9 Å². The lowest BCUT2D eigenvalue weighted by Crippen LogP contribution is -2.23. The molecule has 0 heterocycles. The SMILES string of the molecule is CCCCOc1ccc(C#Cc2ccc(C(F)(F)Oc3ccc(-c4cc(F)c(OC(F)(F)F)c(F)c4)c(F)c3)c(F)c2)c(F)c1. The van der Waals surface area contributed by atoms with Gasteiger partial charge in [0.25, 0.3) is 0 Å². The van der Waals surface area contributed by atoms with Crippen molar-refractivity contribution in [2.24, 2.45) is 0 Å². The molecule has 0 aliphatic heterocycles. The Morgan fingerprint density at radius 2 is 1.31 bits per heavy atom. The van der Waals surface area contributed by atoms with Crippen LogP contribution in [0, 0.1) is 40.9 Å². The molecular formula is C32H20F10O3. The highest BCUT2D eigenvalue weighted by Gasteiger charge is 2.38. The van der Waals surface area contributed by atoms with Crippen molar-refractivity contribution in [1.82, 2.24) is 0 Å². The normalized spacial score (nSPS) is 11.5. The zero-order valence-electron chi connectivity index (χ0n) is 23.0. The van der Waals surface area contributed by atoms with Crippen molar-refractivity contribution < 1.29 is 58.1 Å². The number of hydrogen-bond donors (Lipinski definition) is 0. The van der Waals surface area contributed by atoms with Gasteiger partial charge in [0.1, 0.15) is 34.5 Å². The molecule has 0 aromatic heterocycles. The van der Waals surface area contributed by atoms with Crippen LogP contribution in [0.2, 0.25) is 0 Å². The second-order valence-electron chi connectivity index (χ2n) is 9.37. The van der Waals surface area contributed by atoms with Crippen molar-refractivity contribution in [2.45, 2.75) is 32.2 Å². The number of alkyl halides is 5. The third kappa shape index (κ3) is 8.41. The lowest BCUT2D eigenvalue weighted by atomic mass is 10.0. The lowest BCUT2D eigenvalue weighted by molar-refractivity contribution is -0.276. The summed E-state index contributed by atoms with van der Waals surface area (Å²) >= 11 is 0. The summed E-state index contributed by atoms with van der Waals surface area (Å²) in [4.78, 5) is 0. The predicted molar refractivity (Wildman–Crippen MR) is 142 cm³/mol. The first kappa shape index (κ1) is 33.0. The minimum Gasteiger partial charge on any atom is -0.493 e. The van der Waals surface area contributed by atoms with Crippen molar-refractivity contribution in [3.63, 3.8) is 0 Å². The maximum Gasteiger partial charge on any atom is 0.573 e. The first-order valence-electron chi connectivity index (χ1n) is 13.0. The molecule has 0 N–H and O–H groups in total. The minimum atomic E-state index is -5.40. The number of benzene rings is 4. The summed E-state index contributed by atoms with van der Waals surface area (Å²) in [6.45, 7) is 2.38. The van der Waals surface area contributed by atoms with Crippen molar-refractivity contribution in [1.29, 1.82) is 0 Å². The molecule has 0 atom stereocenters. The van der Waals surface area contributed by atoms with E-state index in [-0.39, 0.29) is 11.1 Å². The minimum absolute atomic E-state index is 0.0440. The van der Waals surface area contributed by atoms with Crippen LogP contribution in [0.15, 0.2) is 66.7 Å². The van der Waals surface area contributed by atoms with Gasteiger partial charge in [-0.1, -0.05) is 25.2 Å². The van der Waals surface area contributed by atoms with Crippen LogP contribution in [-0.2, 0) is 6.11 Å².